The number of carbonyl (C=O) groups excluding carboxylic acids is 2. The molecule has 0 heterocycles. The van der Waals surface area contributed by atoms with Gasteiger partial charge in [0.25, 0.3) is 5.91 Å². The van der Waals surface area contributed by atoms with Gasteiger partial charge < -0.3 is 19.8 Å². The molecule has 0 aliphatic carbocycles. The van der Waals surface area contributed by atoms with Crippen LogP contribution in [-0.4, -0.2) is 28.6 Å². The fourth-order valence-corrected chi connectivity index (χ4v) is 5.35. The number of phenols is 2. The number of carbonyl (C=O) groups is 2. The van der Waals surface area contributed by atoms with E-state index < -0.39 is 5.97 Å². The Kier molecular flexibility index (Phi) is 10.9. The van der Waals surface area contributed by atoms with Crippen molar-refractivity contribution in [1.82, 2.24) is 0 Å². The Labute approximate surface area is 270 Å². The van der Waals surface area contributed by atoms with Crippen LogP contribution in [0.15, 0.2) is 121 Å². The van der Waals surface area contributed by atoms with Gasteiger partial charge in [0.15, 0.2) is 0 Å². The SMILES string of the molecule is CCCCCCCCN(C(=O)c1ccc(-c2ccc(O)cc2)cc1)c1cccc(OC(=O)c2ccc(-c3ccc(O)cc3)cc2)c1. The average Bonchev–Trinajstić information content (AvgIpc) is 3.09. The number of esters is 1. The van der Waals surface area contributed by atoms with Crippen LogP contribution >= 0.6 is 0 Å². The van der Waals surface area contributed by atoms with Crippen LogP contribution in [0.25, 0.3) is 22.3 Å². The van der Waals surface area contributed by atoms with E-state index >= 15 is 0 Å². The minimum absolute atomic E-state index is 0.126. The Morgan fingerprint density at radius 3 is 1.61 bits per heavy atom. The summed E-state index contributed by atoms with van der Waals surface area (Å²) >= 11 is 0. The van der Waals surface area contributed by atoms with Crippen molar-refractivity contribution < 1.29 is 24.5 Å². The van der Waals surface area contributed by atoms with E-state index in [-0.39, 0.29) is 17.4 Å². The molecule has 0 aromatic heterocycles. The molecule has 234 valence electrons. The highest BCUT2D eigenvalue weighted by Gasteiger charge is 2.19. The van der Waals surface area contributed by atoms with Gasteiger partial charge in [-0.1, -0.05) is 93.6 Å². The van der Waals surface area contributed by atoms with Crippen LogP contribution in [0.3, 0.4) is 0 Å². The van der Waals surface area contributed by atoms with Gasteiger partial charge in [-0.25, -0.2) is 4.79 Å². The highest BCUT2D eigenvalue weighted by Crippen LogP contribution is 2.27. The molecule has 0 saturated heterocycles. The first kappa shape index (κ1) is 32.0. The predicted molar refractivity (Wildman–Crippen MR) is 184 cm³/mol. The summed E-state index contributed by atoms with van der Waals surface area (Å²) in [7, 11) is 0. The zero-order valence-corrected chi connectivity index (χ0v) is 26.1. The monoisotopic (exact) mass is 613 g/mol. The van der Waals surface area contributed by atoms with E-state index in [9.17, 15) is 19.8 Å². The first-order valence-electron chi connectivity index (χ1n) is 15.8. The molecule has 0 bridgehead atoms. The molecule has 5 aromatic carbocycles. The normalized spacial score (nSPS) is 10.8. The molecular formula is C40H39NO5. The van der Waals surface area contributed by atoms with Gasteiger partial charge in [0.05, 0.1) is 5.56 Å². The van der Waals surface area contributed by atoms with Crippen molar-refractivity contribution in [2.75, 3.05) is 11.4 Å². The van der Waals surface area contributed by atoms with E-state index in [0.717, 1.165) is 41.5 Å². The molecule has 46 heavy (non-hydrogen) atoms. The molecule has 0 unspecified atom stereocenters. The van der Waals surface area contributed by atoms with Crippen LogP contribution < -0.4 is 9.64 Å². The van der Waals surface area contributed by atoms with Gasteiger partial charge >= 0.3 is 5.97 Å². The summed E-state index contributed by atoms with van der Waals surface area (Å²) in [4.78, 5) is 28.7. The standard InChI is InChI=1S/C40H39NO5/c1-2-3-4-5-6-7-27-41(39(44)33-15-11-29(12-16-33)31-19-23-36(42)24-20-31)35-9-8-10-38(28-35)46-40(45)34-17-13-30(14-18-34)32-21-25-37(43)26-22-32/h8-26,28,42-43H,2-7,27H2,1H3. The minimum Gasteiger partial charge on any atom is -0.508 e. The lowest BCUT2D eigenvalue weighted by Gasteiger charge is -2.24. The molecule has 0 radical (unpaired) electrons. The first-order chi connectivity index (χ1) is 22.4. The van der Waals surface area contributed by atoms with Crippen molar-refractivity contribution in [3.05, 3.63) is 132 Å². The van der Waals surface area contributed by atoms with Crippen molar-refractivity contribution in [1.29, 1.82) is 0 Å². The molecule has 5 aromatic rings. The maximum Gasteiger partial charge on any atom is 0.343 e. The van der Waals surface area contributed by atoms with Gasteiger partial charge in [-0.15, -0.1) is 0 Å². The maximum absolute atomic E-state index is 13.9. The van der Waals surface area contributed by atoms with Gasteiger partial charge in [-0.05, 0) is 89.3 Å². The molecule has 0 spiro atoms. The molecular weight excluding hydrogens is 574 g/mol. The van der Waals surface area contributed by atoms with Crippen LogP contribution in [0.4, 0.5) is 5.69 Å². The fraction of sp³-hybridized carbons (Fsp3) is 0.200. The molecule has 1 amide bonds. The quantitative estimate of drug-likeness (QED) is 0.0784. The summed E-state index contributed by atoms with van der Waals surface area (Å²) in [6.07, 6.45) is 6.59. The maximum atomic E-state index is 13.9. The number of aromatic hydroxyl groups is 2. The Morgan fingerprint density at radius 1 is 0.587 bits per heavy atom. The number of phenolic OH excluding ortho intramolecular Hbond substituents is 2. The zero-order valence-electron chi connectivity index (χ0n) is 26.1. The fourth-order valence-electron chi connectivity index (χ4n) is 5.35. The number of nitrogens with zero attached hydrogens (tertiary/aromatic N) is 1. The van der Waals surface area contributed by atoms with E-state index in [1.807, 2.05) is 66.7 Å². The number of hydrogen-bond acceptors (Lipinski definition) is 5. The Hall–Kier alpha value is -5.36. The van der Waals surface area contributed by atoms with Crippen LogP contribution in [0.5, 0.6) is 17.2 Å². The lowest BCUT2D eigenvalue weighted by atomic mass is 10.0. The van der Waals surface area contributed by atoms with Gasteiger partial charge in [0.1, 0.15) is 17.2 Å². The number of anilines is 1. The Balaban J connectivity index is 1.31. The molecule has 0 aliphatic rings. The van der Waals surface area contributed by atoms with Gasteiger partial charge in [0, 0.05) is 23.9 Å². The van der Waals surface area contributed by atoms with Crippen LogP contribution in [0.1, 0.15) is 66.2 Å². The minimum atomic E-state index is -0.493. The van der Waals surface area contributed by atoms with E-state index in [1.54, 1.807) is 59.5 Å². The van der Waals surface area contributed by atoms with E-state index in [2.05, 4.69) is 6.92 Å². The first-order valence-corrected chi connectivity index (χ1v) is 15.8. The van der Waals surface area contributed by atoms with E-state index in [0.29, 0.717) is 29.1 Å². The average molecular weight is 614 g/mol. The molecule has 6 nitrogen and oxygen atoms in total. The van der Waals surface area contributed by atoms with Crippen molar-refractivity contribution in [2.24, 2.45) is 0 Å². The highest BCUT2D eigenvalue weighted by molar-refractivity contribution is 6.06. The Morgan fingerprint density at radius 2 is 1.07 bits per heavy atom. The number of rotatable bonds is 13. The third kappa shape index (κ3) is 8.42. The smallest absolute Gasteiger partial charge is 0.343 e. The summed E-state index contributed by atoms with van der Waals surface area (Å²) in [5.41, 5.74) is 5.36. The second-order valence-electron chi connectivity index (χ2n) is 11.4. The number of benzene rings is 5. The molecule has 2 N–H and O–H groups in total. The molecule has 0 saturated carbocycles. The third-order valence-electron chi connectivity index (χ3n) is 7.97. The van der Waals surface area contributed by atoms with Gasteiger partial charge in [-0.2, -0.15) is 0 Å². The van der Waals surface area contributed by atoms with E-state index in [1.165, 1.54) is 19.3 Å². The summed E-state index contributed by atoms with van der Waals surface area (Å²) in [6, 6.07) is 35.5. The van der Waals surface area contributed by atoms with Crippen LogP contribution in [0.2, 0.25) is 0 Å². The number of unbranched alkanes of at least 4 members (excludes halogenated alkanes) is 5. The van der Waals surface area contributed by atoms with E-state index in [4.69, 9.17) is 4.74 Å². The zero-order chi connectivity index (χ0) is 32.3. The number of amides is 1. The van der Waals surface area contributed by atoms with Crippen molar-refractivity contribution >= 4 is 17.6 Å². The largest absolute Gasteiger partial charge is 0.508 e. The molecule has 0 fully saturated rings. The molecule has 0 atom stereocenters. The van der Waals surface area contributed by atoms with Crippen LogP contribution in [0, 0.1) is 0 Å². The second kappa shape index (κ2) is 15.6. The lowest BCUT2D eigenvalue weighted by Crippen LogP contribution is -2.32. The van der Waals surface area contributed by atoms with Crippen molar-refractivity contribution in [3.63, 3.8) is 0 Å². The second-order valence-corrected chi connectivity index (χ2v) is 11.4. The highest BCUT2D eigenvalue weighted by atomic mass is 16.5. The van der Waals surface area contributed by atoms with Gasteiger partial charge in [0.2, 0.25) is 0 Å². The number of ether oxygens (including phenoxy) is 1. The van der Waals surface area contributed by atoms with Crippen molar-refractivity contribution in [2.45, 2.75) is 45.4 Å². The molecule has 6 heteroatoms. The summed E-state index contributed by atoms with van der Waals surface area (Å²) in [5.74, 6) is 0.139. The summed E-state index contributed by atoms with van der Waals surface area (Å²) < 4.78 is 5.75. The molecule has 5 rings (SSSR count). The number of hydrogen-bond donors (Lipinski definition) is 2. The lowest BCUT2D eigenvalue weighted by molar-refractivity contribution is 0.0734. The topological polar surface area (TPSA) is 87.1 Å². The third-order valence-corrected chi connectivity index (χ3v) is 7.97. The predicted octanol–water partition coefficient (Wildman–Crippen LogP) is 9.66. The van der Waals surface area contributed by atoms with Gasteiger partial charge in [-0.3, -0.25) is 4.79 Å². The summed E-state index contributed by atoms with van der Waals surface area (Å²) in [5, 5.41) is 19.2. The summed E-state index contributed by atoms with van der Waals surface area (Å²) in [6.45, 7) is 2.74. The van der Waals surface area contributed by atoms with Crippen molar-refractivity contribution in [3.8, 4) is 39.5 Å². The Bertz CT molecular complexity index is 1730. The van der Waals surface area contributed by atoms with Crippen LogP contribution in [-0.2, 0) is 0 Å². The molecule has 0 aliphatic heterocycles.